The predicted octanol–water partition coefficient (Wildman–Crippen LogP) is 0.493. The van der Waals surface area contributed by atoms with Crippen molar-refractivity contribution < 1.29 is 4.79 Å². The molecule has 0 saturated heterocycles. The van der Waals surface area contributed by atoms with E-state index in [1.807, 2.05) is 13.8 Å². The molecule has 0 bridgehead atoms. The van der Waals surface area contributed by atoms with Gasteiger partial charge in [-0.15, -0.1) is 0 Å². The summed E-state index contributed by atoms with van der Waals surface area (Å²) in [5.41, 5.74) is -0.481. The van der Waals surface area contributed by atoms with E-state index < -0.39 is 11.1 Å². The molecule has 2 aromatic heterocycles. The van der Waals surface area contributed by atoms with Gasteiger partial charge >= 0.3 is 11.1 Å². The first-order chi connectivity index (χ1) is 10.5. The summed E-state index contributed by atoms with van der Waals surface area (Å²) >= 11 is 0. The lowest BCUT2D eigenvalue weighted by molar-refractivity contribution is -0.122. The highest BCUT2D eigenvalue weighted by molar-refractivity contribution is 5.79. The molecule has 0 aromatic carbocycles. The van der Waals surface area contributed by atoms with Crippen LogP contribution in [0.3, 0.4) is 0 Å². The van der Waals surface area contributed by atoms with Gasteiger partial charge in [0.15, 0.2) is 5.65 Å². The first-order valence-electron chi connectivity index (χ1n) is 7.37. The molecule has 7 nitrogen and oxygen atoms in total. The van der Waals surface area contributed by atoms with Crippen LogP contribution in [-0.2, 0) is 17.9 Å². The number of aryl methyl sites for hydroxylation is 1. The quantitative estimate of drug-likeness (QED) is 0.815. The van der Waals surface area contributed by atoms with Gasteiger partial charge in [0, 0.05) is 18.8 Å². The van der Waals surface area contributed by atoms with E-state index in [0.29, 0.717) is 17.7 Å². The molecule has 2 rings (SSSR count). The number of aromatic nitrogens is 3. The molecule has 0 fully saturated rings. The van der Waals surface area contributed by atoms with Crippen molar-refractivity contribution in [1.29, 1.82) is 0 Å². The van der Waals surface area contributed by atoms with Crippen molar-refractivity contribution in [2.24, 2.45) is 0 Å². The molecule has 1 atom stereocenters. The van der Waals surface area contributed by atoms with Crippen LogP contribution < -0.4 is 16.4 Å². The van der Waals surface area contributed by atoms with E-state index in [2.05, 4.69) is 10.3 Å². The molecule has 0 aliphatic rings. The Morgan fingerprint density at radius 1 is 1.27 bits per heavy atom. The molecule has 0 aliphatic carbocycles. The molecule has 0 aliphatic heterocycles. The van der Waals surface area contributed by atoms with Crippen LogP contribution in [0, 0.1) is 0 Å². The number of nitrogens with zero attached hydrogens (tertiary/aromatic N) is 3. The molecule has 1 amide bonds. The number of hydrogen-bond donors (Lipinski definition) is 1. The molecule has 1 unspecified atom stereocenters. The molecule has 0 radical (unpaired) electrons. The van der Waals surface area contributed by atoms with Crippen LogP contribution in [0.25, 0.3) is 11.2 Å². The molecule has 2 heterocycles. The van der Waals surface area contributed by atoms with Gasteiger partial charge in [0.05, 0.1) is 5.52 Å². The van der Waals surface area contributed by atoms with Crippen molar-refractivity contribution in [2.75, 3.05) is 0 Å². The Morgan fingerprint density at radius 2 is 1.95 bits per heavy atom. The number of pyridine rings is 1. The van der Waals surface area contributed by atoms with Crippen molar-refractivity contribution in [1.82, 2.24) is 19.4 Å². The maximum absolute atomic E-state index is 12.3. The fourth-order valence-corrected chi connectivity index (χ4v) is 2.26. The van der Waals surface area contributed by atoms with Crippen molar-refractivity contribution >= 4 is 17.1 Å². The fourth-order valence-electron chi connectivity index (χ4n) is 2.26. The van der Waals surface area contributed by atoms with Crippen LogP contribution in [0.2, 0.25) is 0 Å². The van der Waals surface area contributed by atoms with Gasteiger partial charge < -0.3 is 5.32 Å². The zero-order chi connectivity index (χ0) is 16.3. The summed E-state index contributed by atoms with van der Waals surface area (Å²) in [5.74, 6) is -0.296. The molecular weight excluding hydrogens is 284 g/mol. The Balaban J connectivity index is 2.55. The average Bonchev–Trinajstić information content (AvgIpc) is 2.52. The van der Waals surface area contributed by atoms with E-state index in [1.165, 1.54) is 9.13 Å². The Bertz CT molecular complexity index is 807. The lowest BCUT2D eigenvalue weighted by Crippen LogP contribution is -2.44. The number of carbonyl (C=O) groups is 1. The van der Waals surface area contributed by atoms with Gasteiger partial charge in [-0.25, -0.2) is 4.98 Å². The molecule has 7 heteroatoms. The Labute approximate surface area is 127 Å². The second kappa shape index (κ2) is 6.55. The smallest absolute Gasteiger partial charge is 0.318 e. The van der Waals surface area contributed by atoms with Crippen LogP contribution in [-0.4, -0.2) is 26.1 Å². The summed E-state index contributed by atoms with van der Waals surface area (Å²) in [6.45, 7) is 5.77. The molecule has 118 valence electrons. The molecule has 0 saturated carbocycles. The molecule has 1 N–H and O–H groups in total. The molecule has 0 spiro atoms. The van der Waals surface area contributed by atoms with Crippen molar-refractivity contribution in [3.63, 3.8) is 0 Å². The number of hydrogen-bond acceptors (Lipinski definition) is 4. The van der Waals surface area contributed by atoms with E-state index in [-0.39, 0.29) is 18.5 Å². The minimum atomic E-state index is -0.707. The van der Waals surface area contributed by atoms with Gasteiger partial charge in [-0.2, -0.15) is 0 Å². The monoisotopic (exact) mass is 304 g/mol. The van der Waals surface area contributed by atoms with E-state index in [1.54, 1.807) is 25.3 Å². The standard InChI is InChI=1S/C15H20N4O3/c1-4-10(3)17-12(20)9-19-11-7-6-8-16-13(11)18(5-2)14(21)15(19)22/h6-8,10H,4-5,9H2,1-3H3,(H,17,20). The summed E-state index contributed by atoms with van der Waals surface area (Å²) < 4.78 is 2.51. The molecule has 22 heavy (non-hydrogen) atoms. The van der Waals surface area contributed by atoms with Gasteiger partial charge in [0.1, 0.15) is 6.54 Å². The number of carbonyl (C=O) groups excluding carboxylic acids is 1. The van der Waals surface area contributed by atoms with E-state index >= 15 is 0 Å². The van der Waals surface area contributed by atoms with E-state index in [4.69, 9.17) is 0 Å². The lowest BCUT2D eigenvalue weighted by Gasteiger charge is -2.15. The molecular formula is C15H20N4O3. The summed E-state index contributed by atoms with van der Waals surface area (Å²) in [6.07, 6.45) is 2.35. The third-order valence-electron chi connectivity index (χ3n) is 3.62. The van der Waals surface area contributed by atoms with E-state index in [9.17, 15) is 14.4 Å². The van der Waals surface area contributed by atoms with E-state index in [0.717, 1.165) is 6.42 Å². The summed E-state index contributed by atoms with van der Waals surface area (Å²) in [4.78, 5) is 40.6. The first kappa shape index (κ1) is 15.9. The fraction of sp³-hybridized carbons (Fsp3) is 0.467. The van der Waals surface area contributed by atoms with Crippen LogP contribution in [0.1, 0.15) is 27.2 Å². The Hall–Kier alpha value is -2.44. The normalized spacial score (nSPS) is 12.3. The zero-order valence-electron chi connectivity index (χ0n) is 13.0. The first-order valence-corrected chi connectivity index (χ1v) is 7.37. The van der Waals surface area contributed by atoms with Crippen molar-refractivity contribution in [3.8, 4) is 0 Å². The number of amides is 1. The van der Waals surface area contributed by atoms with Gasteiger partial charge in [0.25, 0.3) is 0 Å². The summed E-state index contributed by atoms with van der Waals surface area (Å²) in [6, 6.07) is 3.38. The minimum absolute atomic E-state index is 0.0172. The predicted molar refractivity (Wildman–Crippen MR) is 83.8 cm³/mol. The van der Waals surface area contributed by atoms with Crippen molar-refractivity contribution in [3.05, 3.63) is 39.0 Å². The highest BCUT2D eigenvalue weighted by Crippen LogP contribution is 2.07. The van der Waals surface area contributed by atoms with Crippen LogP contribution in [0.15, 0.2) is 27.9 Å². The third kappa shape index (κ3) is 2.93. The van der Waals surface area contributed by atoms with Gasteiger partial charge in [-0.3, -0.25) is 23.5 Å². The largest absolute Gasteiger partial charge is 0.352 e. The summed E-state index contributed by atoms with van der Waals surface area (Å²) in [7, 11) is 0. The number of fused-ring (bicyclic) bond motifs is 1. The second-order valence-electron chi connectivity index (χ2n) is 5.16. The zero-order valence-corrected chi connectivity index (χ0v) is 13.0. The summed E-state index contributed by atoms with van der Waals surface area (Å²) in [5, 5.41) is 2.79. The second-order valence-corrected chi connectivity index (χ2v) is 5.16. The van der Waals surface area contributed by atoms with Crippen molar-refractivity contribution in [2.45, 2.75) is 46.3 Å². The maximum atomic E-state index is 12.3. The van der Waals surface area contributed by atoms with Gasteiger partial charge in [0.2, 0.25) is 5.91 Å². The topological polar surface area (TPSA) is 86.0 Å². The highest BCUT2D eigenvalue weighted by atomic mass is 16.2. The Kier molecular flexibility index (Phi) is 4.75. The average molecular weight is 304 g/mol. The number of rotatable bonds is 5. The highest BCUT2D eigenvalue weighted by Gasteiger charge is 2.15. The molecule has 2 aromatic rings. The lowest BCUT2D eigenvalue weighted by atomic mass is 10.2. The van der Waals surface area contributed by atoms with Gasteiger partial charge in [-0.05, 0) is 32.4 Å². The Morgan fingerprint density at radius 3 is 2.59 bits per heavy atom. The van der Waals surface area contributed by atoms with Crippen LogP contribution in [0.4, 0.5) is 0 Å². The number of nitrogens with one attached hydrogen (secondary N) is 1. The third-order valence-corrected chi connectivity index (χ3v) is 3.62. The van der Waals surface area contributed by atoms with Crippen LogP contribution >= 0.6 is 0 Å². The minimum Gasteiger partial charge on any atom is -0.352 e. The van der Waals surface area contributed by atoms with Gasteiger partial charge in [-0.1, -0.05) is 6.92 Å². The SMILES string of the molecule is CCC(C)NC(=O)Cn1c(=O)c(=O)n(CC)c2ncccc21. The maximum Gasteiger partial charge on any atom is 0.318 e. The van der Waals surface area contributed by atoms with Crippen LogP contribution in [0.5, 0.6) is 0 Å².